The third-order valence-electron chi connectivity index (χ3n) is 4.72. The number of methoxy groups -OCH3 is 2. The molecule has 0 aromatic heterocycles. The van der Waals surface area contributed by atoms with Gasteiger partial charge in [-0.3, -0.25) is 4.79 Å². The van der Waals surface area contributed by atoms with Crippen LogP contribution in [0.5, 0.6) is 17.2 Å². The first kappa shape index (κ1) is 19.7. The van der Waals surface area contributed by atoms with Crippen molar-refractivity contribution in [1.82, 2.24) is 5.32 Å². The molecule has 1 aliphatic rings. The molecule has 0 bridgehead atoms. The Labute approximate surface area is 161 Å². The van der Waals surface area contributed by atoms with Gasteiger partial charge in [0.05, 0.1) is 20.3 Å². The number of nitrogens with two attached hydrogens (primary N) is 1. The number of alkyl halides is 2. The number of nitrogens with one attached hydrogen (secondary N) is 1. The molecule has 2 aromatic carbocycles. The fraction of sp³-hybridized carbons (Fsp3) is 0.350. The average molecular weight is 392 g/mol. The minimum Gasteiger partial charge on any atom is -0.493 e. The van der Waals surface area contributed by atoms with Gasteiger partial charge in [-0.05, 0) is 54.7 Å². The molecule has 3 N–H and O–H groups in total. The lowest BCUT2D eigenvalue weighted by Gasteiger charge is -2.27. The lowest BCUT2D eigenvalue weighted by Crippen LogP contribution is -2.31. The highest BCUT2D eigenvalue weighted by molar-refractivity contribution is 5.96. The number of aryl methyl sites for hydroxylation is 1. The Hall–Kier alpha value is -3.03. The van der Waals surface area contributed by atoms with E-state index >= 15 is 0 Å². The van der Waals surface area contributed by atoms with E-state index in [1.165, 1.54) is 26.4 Å². The Morgan fingerprint density at radius 2 is 1.86 bits per heavy atom. The molecule has 0 radical (unpaired) electrons. The third kappa shape index (κ3) is 4.11. The molecule has 1 atom stereocenters. The van der Waals surface area contributed by atoms with Crippen LogP contribution in [0.15, 0.2) is 30.3 Å². The van der Waals surface area contributed by atoms with Crippen LogP contribution in [0.3, 0.4) is 0 Å². The van der Waals surface area contributed by atoms with Gasteiger partial charge >= 0.3 is 6.61 Å². The van der Waals surface area contributed by atoms with E-state index in [-0.39, 0.29) is 34.8 Å². The lowest BCUT2D eigenvalue weighted by atomic mass is 9.87. The molecule has 0 spiro atoms. The van der Waals surface area contributed by atoms with Crippen LogP contribution in [0.25, 0.3) is 0 Å². The summed E-state index contributed by atoms with van der Waals surface area (Å²) in [6, 6.07) is 8.20. The largest absolute Gasteiger partial charge is 0.493 e. The van der Waals surface area contributed by atoms with Crippen molar-refractivity contribution in [2.24, 2.45) is 0 Å². The highest BCUT2D eigenvalue weighted by Crippen LogP contribution is 2.40. The second-order valence-corrected chi connectivity index (χ2v) is 6.46. The maximum absolute atomic E-state index is 12.8. The van der Waals surface area contributed by atoms with Gasteiger partial charge in [0.25, 0.3) is 5.91 Å². The summed E-state index contributed by atoms with van der Waals surface area (Å²) in [5.74, 6) is -0.645. The summed E-state index contributed by atoms with van der Waals surface area (Å²) in [6.07, 6.45) is 2.63. The Kier molecular flexibility index (Phi) is 5.87. The van der Waals surface area contributed by atoms with Crippen molar-refractivity contribution in [2.45, 2.75) is 31.9 Å². The minimum atomic E-state index is -3.05. The molecule has 0 saturated heterocycles. The third-order valence-corrected chi connectivity index (χ3v) is 4.72. The molecule has 3 rings (SSSR count). The fourth-order valence-electron chi connectivity index (χ4n) is 3.44. The van der Waals surface area contributed by atoms with E-state index < -0.39 is 6.61 Å². The molecule has 0 saturated carbocycles. The first-order chi connectivity index (χ1) is 13.4. The van der Waals surface area contributed by atoms with Gasteiger partial charge in [0.1, 0.15) is 0 Å². The van der Waals surface area contributed by atoms with Crippen molar-refractivity contribution >= 4 is 11.6 Å². The van der Waals surface area contributed by atoms with E-state index in [1.807, 2.05) is 18.2 Å². The van der Waals surface area contributed by atoms with Gasteiger partial charge in [-0.1, -0.05) is 6.07 Å². The van der Waals surface area contributed by atoms with Crippen molar-refractivity contribution in [2.75, 3.05) is 20.0 Å². The van der Waals surface area contributed by atoms with Gasteiger partial charge in [-0.2, -0.15) is 8.78 Å². The van der Waals surface area contributed by atoms with E-state index in [0.29, 0.717) is 5.69 Å². The maximum atomic E-state index is 12.8. The number of carbonyl (C=O) groups is 1. The molecule has 1 unspecified atom stereocenters. The highest BCUT2D eigenvalue weighted by atomic mass is 19.3. The van der Waals surface area contributed by atoms with Crippen LogP contribution < -0.4 is 25.3 Å². The highest BCUT2D eigenvalue weighted by Gasteiger charge is 2.25. The van der Waals surface area contributed by atoms with Gasteiger partial charge < -0.3 is 25.3 Å². The van der Waals surface area contributed by atoms with Crippen LogP contribution in [0.4, 0.5) is 14.5 Å². The average Bonchev–Trinajstić information content (AvgIpc) is 2.67. The van der Waals surface area contributed by atoms with Crippen LogP contribution in [-0.4, -0.2) is 26.7 Å². The second kappa shape index (κ2) is 8.33. The quantitative estimate of drug-likeness (QED) is 0.733. The normalized spacial score (nSPS) is 15.7. The van der Waals surface area contributed by atoms with Gasteiger partial charge in [0.15, 0.2) is 11.5 Å². The summed E-state index contributed by atoms with van der Waals surface area (Å²) in [4.78, 5) is 12.8. The van der Waals surface area contributed by atoms with E-state index in [9.17, 15) is 13.6 Å². The van der Waals surface area contributed by atoms with Crippen LogP contribution in [-0.2, 0) is 6.42 Å². The topological polar surface area (TPSA) is 82.8 Å². The van der Waals surface area contributed by atoms with Crippen LogP contribution in [0.2, 0.25) is 0 Å². The zero-order chi connectivity index (χ0) is 20.3. The molecule has 0 heterocycles. The van der Waals surface area contributed by atoms with Crippen molar-refractivity contribution in [3.8, 4) is 17.2 Å². The van der Waals surface area contributed by atoms with Crippen LogP contribution in [0.1, 0.15) is 40.4 Å². The molecular formula is C20H22F2N2O4. The summed E-state index contributed by atoms with van der Waals surface area (Å²) in [6.45, 7) is -3.05. The number of benzene rings is 2. The second-order valence-electron chi connectivity index (χ2n) is 6.46. The number of hydrogen-bond donors (Lipinski definition) is 2. The van der Waals surface area contributed by atoms with E-state index in [4.69, 9.17) is 15.2 Å². The molecule has 6 nitrogen and oxygen atoms in total. The number of hydrogen-bond acceptors (Lipinski definition) is 5. The first-order valence-electron chi connectivity index (χ1n) is 8.83. The Morgan fingerprint density at radius 1 is 1.18 bits per heavy atom. The van der Waals surface area contributed by atoms with E-state index in [2.05, 4.69) is 10.1 Å². The molecule has 2 aromatic rings. The molecule has 28 heavy (non-hydrogen) atoms. The number of ether oxygens (including phenoxy) is 3. The van der Waals surface area contributed by atoms with Gasteiger partial charge in [-0.15, -0.1) is 0 Å². The minimum absolute atomic E-state index is 0.0124. The summed E-state index contributed by atoms with van der Waals surface area (Å²) in [5, 5.41) is 2.99. The maximum Gasteiger partial charge on any atom is 0.387 e. The van der Waals surface area contributed by atoms with Crippen molar-refractivity contribution in [1.29, 1.82) is 0 Å². The SMILES string of the molecule is COc1cc(C(=O)NC2CCCc3cc(N)ccc32)cc(OC)c1OC(F)F. The molecule has 0 fully saturated rings. The standard InChI is InChI=1S/C20H22F2N2O4/c1-26-16-9-12(10-17(27-2)18(16)28-20(21)22)19(25)24-15-5-3-4-11-8-13(23)6-7-14(11)15/h6-10,15,20H,3-5,23H2,1-2H3,(H,24,25). The first-order valence-corrected chi connectivity index (χ1v) is 8.83. The number of amides is 1. The zero-order valence-electron chi connectivity index (χ0n) is 15.6. The number of anilines is 1. The smallest absolute Gasteiger partial charge is 0.387 e. The molecule has 8 heteroatoms. The fourth-order valence-corrected chi connectivity index (χ4v) is 3.44. The summed E-state index contributed by atoms with van der Waals surface area (Å²) < 4.78 is 40.0. The predicted octanol–water partition coefficient (Wildman–Crippen LogP) is 3.69. The number of fused-ring (bicyclic) bond motifs is 1. The molecular weight excluding hydrogens is 370 g/mol. The summed E-state index contributed by atoms with van der Waals surface area (Å²) in [7, 11) is 2.60. The van der Waals surface area contributed by atoms with Crippen LogP contribution >= 0.6 is 0 Å². The lowest BCUT2D eigenvalue weighted by molar-refractivity contribution is -0.0526. The Balaban J connectivity index is 1.87. The Bertz CT molecular complexity index is 848. The zero-order valence-corrected chi connectivity index (χ0v) is 15.6. The van der Waals surface area contributed by atoms with Crippen molar-refractivity contribution < 1.29 is 27.8 Å². The van der Waals surface area contributed by atoms with E-state index in [1.54, 1.807) is 0 Å². The van der Waals surface area contributed by atoms with Crippen molar-refractivity contribution in [3.63, 3.8) is 0 Å². The number of nitrogen functional groups attached to an aromatic ring is 1. The summed E-state index contributed by atoms with van der Waals surface area (Å²) >= 11 is 0. The van der Waals surface area contributed by atoms with Crippen LogP contribution in [0, 0.1) is 0 Å². The molecule has 0 aliphatic heterocycles. The van der Waals surface area contributed by atoms with Gasteiger partial charge in [-0.25, -0.2) is 0 Å². The van der Waals surface area contributed by atoms with Crippen molar-refractivity contribution in [3.05, 3.63) is 47.0 Å². The number of rotatable bonds is 6. The van der Waals surface area contributed by atoms with Gasteiger partial charge in [0, 0.05) is 11.3 Å². The molecule has 1 amide bonds. The molecule has 150 valence electrons. The predicted molar refractivity (Wildman–Crippen MR) is 100 cm³/mol. The summed E-state index contributed by atoms with van der Waals surface area (Å²) in [5.41, 5.74) is 8.91. The molecule has 1 aliphatic carbocycles. The number of halogens is 2. The van der Waals surface area contributed by atoms with Gasteiger partial charge in [0.2, 0.25) is 5.75 Å². The number of carbonyl (C=O) groups excluding carboxylic acids is 1. The van der Waals surface area contributed by atoms with E-state index in [0.717, 1.165) is 30.4 Å². The monoisotopic (exact) mass is 392 g/mol. The Morgan fingerprint density at radius 3 is 2.46 bits per heavy atom.